The first-order chi connectivity index (χ1) is 11.3. The minimum atomic E-state index is 0.261. The van der Waals surface area contributed by atoms with Crippen molar-refractivity contribution in [3.8, 4) is 0 Å². The molecule has 0 unspecified atom stereocenters. The van der Waals surface area contributed by atoms with Crippen molar-refractivity contribution in [2.45, 2.75) is 59.0 Å². The van der Waals surface area contributed by atoms with Crippen LogP contribution in [0.5, 0.6) is 0 Å². The number of unbranched alkanes of at least 4 members (excludes halogenated alkanes) is 4. The van der Waals surface area contributed by atoms with E-state index in [1.54, 1.807) is 0 Å². The summed E-state index contributed by atoms with van der Waals surface area (Å²) in [6, 6.07) is 0. The third kappa shape index (κ3) is 21.8. The molecule has 0 atom stereocenters. The summed E-state index contributed by atoms with van der Waals surface area (Å²) < 4.78 is 27.1. The van der Waals surface area contributed by atoms with E-state index >= 15 is 0 Å². The van der Waals surface area contributed by atoms with Crippen molar-refractivity contribution in [3.63, 3.8) is 0 Å². The molecule has 0 amide bonds. The second-order valence-corrected chi connectivity index (χ2v) is 5.78. The van der Waals surface area contributed by atoms with Crippen LogP contribution in [0.2, 0.25) is 0 Å². The van der Waals surface area contributed by atoms with Crippen molar-refractivity contribution in [1.82, 2.24) is 0 Å². The molecule has 0 fully saturated rings. The Morgan fingerprint density at radius 3 is 1.43 bits per heavy atom. The van der Waals surface area contributed by atoms with E-state index in [9.17, 15) is 0 Å². The van der Waals surface area contributed by atoms with Gasteiger partial charge >= 0.3 is 0 Å². The summed E-state index contributed by atoms with van der Waals surface area (Å²) in [5.41, 5.74) is 0. The Morgan fingerprint density at radius 2 is 0.957 bits per heavy atom. The molecule has 0 heterocycles. The fraction of sp³-hybridized carbons (Fsp3) is 1.00. The number of hydrogen-bond acceptors (Lipinski definition) is 5. The van der Waals surface area contributed by atoms with Crippen molar-refractivity contribution < 1.29 is 23.7 Å². The van der Waals surface area contributed by atoms with Gasteiger partial charge in [0.05, 0.1) is 59.0 Å². The lowest BCUT2D eigenvalue weighted by Crippen LogP contribution is -2.14. The quantitative estimate of drug-likeness (QED) is 0.339. The molecule has 0 N–H and O–H groups in total. The fourth-order valence-electron chi connectivity index (χ4n) is 1.91. The smallest absolute Gasteiger partial charge is 0.0703 e. The molecule has 23 heavy (non-hydrogen) atoms. The summed E-state index contributed by atoms with van der Waals surface area (Å²) in [7, 11) is 0. The zero-order valence-electron chi connectivity index (χ0n) is 15.5. The third-order valence-corrected chi connectivity index (χ3v) is 3.19. The largest absolute Gasteiger partial charge is 0.379 e. The van der Waals surface area contributed by atoms with Crippen LogP contribution in [0.25, 0.3) is 0 Å². The van der Waals surface area contributed by atoms with Gasteiger partial charge in [-0.15, -0.1) is 0 Å². The summed E-state index contributed by atoms with van der Waals surface area (Å²) in [6.07, 6.45) is 6.63. The summed E-state index contributed by atoms with van der Waals surface area (Å²) in [5.74, 6) is 0. The lowest BCUT2D eigenvalue weighted by atomic mass is 10.2. The van der Waals surface area contributed by atoms with Crippen LogP contribution in [-0.4, -0.2) is 65.6 Å². The second kappa shape index (κ2) is 19.8. The average Bonchev–Trinajstić information content (AvgIpc) is 2.53. The minimum Gasteiger partial charge on any atom is -0.379 e. The summed E-state index contributed by atoms with van der Waals surface area (Å²) in [5, 5.41) is 0. The van der Waals surface area contributed by atoms with Crippen molar-refractivity contribution in [1.29, 1.82) is 0 Å². The van der Waals surface area contributed by atoms with Gasteiger partial charge in [-0.1, -0.05) is 32.6 Å². The van der Waals surface area contributed by atoms with Gasteiger partial charge in [0.2, 0.25) is 0 Å². The first-order valence-corrected chi connectivity index (χ1v) is 9.20. The van der Waals surface area contributed by atoms with Crippen LogP contribution in [0.15, 0.2) is 0 Å². The molecule has 5 heteroatoms. The zero-order valence-corrected chi connectivity index (χ0v) is 15.5. The topological polar surface area (TPSA) is 46.2 Å². The van der Waals surface area contributed by atoms with Crippen molar-refractivity contribution >= 4 is 0 Å². The zero-order chi connectivity index (χ0) is 17.0. The molecule has 0 spiro atoms. The van der Waals surface area contributed by atoms with E-state index in [4.69, 9.17) is 23.7 Å². The molecule has 0 bridgehead atoms. The lowest BCUT2D eigenvalue weighted by molar-refractivity contribution is -0.0176. The molecular formula is C18H38O5. The van der Waals surface area contributed by atoms with E-state index in [1.165, 1.54) is 25.7 Å². The maximum Gasteiger partial charge on any atom is 0.0703 e. The van der Waals surface area contributed by atoms with Crippen LogP contribution in [-0.2, 0) is 23.7 Å². The maximum absolute atomic E-state index is 5.52. The Hall–Kier alpha value is -0.200. The Balaban J connectivity index is 2.95. The second-order valence-electron chi connectivity index (χ2n) is 5.78. The molecule has 0 radical (unpaired) electrons. The van der Waals surface area contributed by atoms with Crippen LogP contribution >= 0.6 is 0 Å². The van der Waals surface area contributed by atoms with Crippen molar-refractivity contribution in [2.75, 3.05) is 59.5 Å². The van der Waals surface area contributed by atoms with Crippen molar-refractivity contribution in [2.24, 2.45) is 0 Å². The molecule has 0 aliphatic heterocycles. The Kier molecular flexibility index (Phi) is 19.7. The van der Waals surface area contributed by atoms with Gasteiger partial charge < -0.3 is 23.7 Å². The molecule has 0 saturated heterocycles. The van der Waals surface area contributed by atoms with Crippen LogP contribution in [0, 0.1) is 0 Å². The van der Waals surface area contributed by atoms with E-state index < -0.39 is 0 Å². The number of ether oxygens (including phenoxy) is 5. The molecule has 0 aliphatic rings. The summed E-state index contributed by atoms with van der Waals surface area (Å²) in [6.45, 7) is 12.1. The van der Waals surface area contributed by atoms with E-state index in [0.29, 0.717) is 52.9 Å². The molecule has 0 rings (SSSR count). The molecular weight excluding hydrogens is 296 g/mol. The highest BCUT2D eigenvalue weighted by Crippen LogP contribution is 2.02. The van der Waals surface area contributed by atoms with E-state index in [1.807, 2.05) is 13.8 Å². The average molecular weight is 334 g/mol. The first kappa shape index (κ1) is 22.8. The van der Waals surface area contributed by atoms with Crippen LogP contribution in [0.4, 0.5) is 0 Å². The van der Waals surface area contributed by atoms with Crippen LogP contribution < -0.4 is 0 Å². The molecule has 0 aromatic heterocycles. The molecule has 0 saturated carbocycles. The highest BCUT2D eigenvalue weighted by atomic mass is 16.6. The van der Waals surface area contributed by atoms with Crippen LogP contribution in [0.1, 0.15) is 52.9 Å². The number of rotatable bonds is 19. The molecule has 5 nitrogen and oxygen atoms in total. The van der Waals surface area contributed by atoms with Gasteiger partial charge in [-0.25, -0.2) is 0 Å². The maximum atomic E-state index is 5.52. The number of hydrogen-bond donors (Lipinski definition) is 0. The minimum absolute atomic E-state index is 0.261. The predicted octanol–water partition coefficient (Wildman–Crippen LogP) is 3.45. The molecule has 0 aromatic carbocycles. The van der Waals surface area contributed by atoms with Crippen LogP contribution in [0.3, 0.4) is 0 Å². The standard InChI is InChI=1S/C18H38O5/c1-4-5-6-7-8-9-19-10-11-20-12-13-21-14-15-22-16-17-23-18(2)3/h18H,4-17H2,1-3H3. The first-order valence-electron chi connectivity index (χ1n) is 9.20. The van der Waals surface area contributed by atoms with E-state index in [-0.39, 0.29) is 6.10 Å². The van der Waals surface area contributed by atoms with E-state index in [2.05, 4.69) is 6.92 Å². The van der Waals surface area contributed by atoms with Gasteiger partial charge in [0.15, 0.2) is 0 Å². The van der Waals surface area contributed by atoms with Gasteiger partial charge in [-0.2, -0.15) is 0 Å². The monoisotopic (exact) mass is 334 g/mol. The highest BCUT2D eigenvalue weighted by Gasteiger charge is 1.95. The lowest BCUT2D eigenvalue weighted by Gasteiger charge is -2.09. The van der Waals surface area contributed by atoms with Gasteiger partial charge in [0, 0.05) is 6.61 Å². The van der Waals surface area contributed by atoms with Gasteiger partial charge in [-0.3, -0.25) is 0 Å². The fourth-order valence-corrected chi connectivity index (χ4v) is 1.91. The van der Waals surface area contributed by atoms with Gasteiger partial charge in [0.25, 0.3) is 0 Å². The molecule has 0 aromatic rings. The predicted molar refractivity (Wildman–Crippen MR) is 93.1 cm³/mol. The molecule has 140 valence electrons. The summed E-state index contributed by atoms with van der Waals surface area (Å²) >= 11 is 0. The van der Waals surface area contributed by atoms with Crippen molar-refractivity contribution in [3.05, 3.63) is 0 Å². The van der Waals surface area contributed by atoms with Gasteiger partial charge in [0.1, 0.15) is 0 Å². The normalized spacial score (nSPS) is 11.5. The van der Waals surface area contributed by atoms with E-state index in [0.717, 1.165) is 13.0 Å². The highest BCUT2D eigenvalue weighted by molar-refractivity contribution is 4.42. The summed E-state index contributed by atoms with van der Waals surface area (Å²) in [4.78, 5) is 0. The Labute approximate surface area is 143 Å². The Morgan fingerprint density at radius 1 is 0.522 bits per heavy atom. The van der Waals surface area contributed by atoms with Gasteiger partial charge in [-0.05, 0) is 20.3 Å². The third-order valence-electron chi connectivity index (χ3n) is 3.19. The Bertz CT molecular complexity index is 212. The SMILES string of the molecule is CCCCCCCOCCOCCOCCOCCOC(C)C. The molecule has 0 aliphatic carbocycles.